The van der Waals surface area contributed by atoms with E-state index in [9.17, 15) is 4.79 Å². The van der Waals surface area contributed by atoms with Crippen molar-refractivity contribution in [1.29, 1.82) is 0 Å². The van der Waals surface area contributed by atoms with Crippen LogP contribution in [0.3, 0.4) is 0 Å². The summed E-state index contributed by atoms with van der Waals surface area (Å²) in [5.41, 5.74) is 3.38. The molecule has 1 aliphatic rings. The van der Waals surface area contributed by atoms with Crippen LogP contribution in [0, 0.1) is 0 Å². The lowest BCUT2D eigenvalue weighted by atomic mass is 10.1. The highest BCUT2D eigenvalue weighted by Crippen LogP contribution is 2.33. The largest absolute Gasteiger partial charge is 0.321 e. The van der Waals surface area contributed by atoms with Crippen molar-refractivity contribution < 1.29 is 4.79 Å². The number of anilines is 1. The molecule has 2 nitrogen and oxygen atoms in total. The van der Waals surface area contributed by atoms with E-state index >= 15 is 0 Å². The van der Waals surface area contributed by atoms with Crippen LogP contribution < -0.4 is 5.32 Å². The van der Waals surface area contributed by atoms with Gasteiger partial charge >= 0.3 is 0 Å². The van der Waals surface area contributed by atoms with Gasteiger partial charge in [0.2, 0.25) is 0 Å². The normalized spacial score (nSPS) is 15.7. The van der Waals surface area contributed by atoms with Gasteiger partial charge in [-0.25, -0.2) is 0 Å². The summed E-state index contributed by atoms with van der Waals surface area (Å²) in [5.74, 6) is -0.0972. The third-order valence-corrected chi connectivity index (χ3v) is 3.35. The Kier molecular flexibility index (Phi) is 3.40. The van der Waals surface area contributed by atoms with Crippen molar-refractivity contribution in [2.24, 2.45) is 0 Å². The maximum absolute atomic E-state index is 11.9. The van der Waals surface area contributed by atoms with Crippen LogP contribution in [0.15, 0.2) is 60.7 Å². The topological polar surface area (TPSA) is 29.1 Å². The monoisotopic (exact) mass is 281 g/mol. The molecule has 0 bridgehead atoms. The summed E-state index contributed by atoms with van der Waals surface area (Å²) >= 11 is 5.98. The quantitative estimate of drug-likeness (QED) is 0.813. The Bertz CT molecular complexity index is 717. The lowest BCUT2D eigenvalue weighted by Crippen LogP contribution is -2.03. The zero-order chi connectivity index (χ0) is 13.9. The molecule has 0 aliphatic carbocycles. The number of halogens is 1. The van der Waals surface area contributed by atoms with Crippen molar-refractivity contribution in [3.8, 4) is 0 Å². The van der Waals surface area contributed by atoms with E-state index in [1.165, 1.54) is 0 Å². The number of hydrogen-bond acceptors (Lipinski definition) is 1. The van der Waals surface area contributed by atoms with E-state index in [1.807, 2.05) is 54.6 Å². The minimum atomic E-state index is -0.0972. The van der Waals surface area contributed by atoms with Gasteiger partial charge in [0, 0.05) is 21.8 Å². The Hall–Kier alpha value is -2.32. The predicted octanol–water partition coefficient (Wildman–Crippen LogP) is 4.39. The molecule has 1 heterocycles. The number of rotatable bonds is 2. The second-order valence-corrected chi connectivity index (χ2v) is 4.93. The first-order chi connectivity index (χ1) is 9.74. The number of fused-ring (bicyclic) bond motifs is 1. The van der Waals surface area contributed by atoms with Crippen LogP contribution in [0.4, 0.5) is 5.69 Å². The van der Waals surface area contributed by atoms with Crippen LogP contribution in [0.25, 0.3) is 11.6 Å². The lowest BCUT2D eigenvalue weighted by Gasteiger charge is -1.97. The van der Waals surface area contributed by atoms with Gasteiger partial charge in [0.15, 0.2) is 0 Å². The van der Waals surface area contributed by atoms with Crippen molar-refractivity contribution in [2.45, 2.75) is 0 Å². The SMILES string of the molecule is O=C1Nc2ccc(Cl)cc2C1=CC=Cc1ccccc1. The van der Waals surface area contributed by atoms with Crippen molar-refractivity contribution >= 4 is 34.8 Å². The summed E-state index contributed by atoms with van der Waals surface area (Å²) in [6.07, 6.45) is 5.65. The highest BCUT2D eigenvalue weighted by molar-refractivity contribution is 6.34. The first-order valence-electron chi connectivity index (χ1n) is 6.29. The Balaban J connectivity index is 1.91. The van der Waals surface area contributed by atoms with Crippen LogP contribution in [-0.2, 0) is 4.79 Å². The molecule has 3 rings (SSSR count). The Morgan fingerprint density at radius 3 is 2.65 bits per heavy atom. The van der Waals surface area contributed by atoms with Crippen LogP contribution in [-0.4, -0.2) is 5.91 Å². The highest BCUT2D eigenvalue weighted by Gasteiger charge is 2.23. The van der Waals surface area contributed by atoms with Crippen LogP contribution in [0.5, 0.6) is 0 Å². The molecular formula is C17H12ClNO. The van der Waals surface area contributed by atoms with Gasteiger partial charge in [-0.2, -0.15) is 0 Å². The van der Waals surface area contributed by atoms with Gasteiger partial charge in [-0.1, -0.05) is 54.1 Å². The molecule has 0 atom stereocenters. The highest BCUT2D eigenvalue weighted by atomic mass is 35.5. The molecule has 20 heavy (non-hydrogen) atoms. The number of carbonyl (C=O) groups excluding carboxylic acids is 1. The number of allylic oxidation sites excluding steroid dienone is 2. The minimum absolute atomic E-state index is 0.0972. The van der Waals surface area contributed by atoms with Crippen LogP contribution in [0.1, 0.15) is 11.1 Å². The zero-order valence-electron chi connectivity index (χ0n) is 10.6. The average molecular weight is 282 g/mol. The molecule has 2 aromatic rings. The number of nitrogens with one attached hydrogen (secondary N) is 1. The fourth-order valence-electron chi connectivity index (χ4n) is 2.15. The van der Waals surface area contributed by atoms with Crippen LogP contribution in [0.2, 0.25) is 5.02 Å². The molecule has 0 radical (unpaired) electrons. The fraction of sp³-hybridized carbons (Fsp3) is 0. The third kappa shape index (κ3) is 2.51. The Morgan fingerprint density at radius 1 is 1.05 bits per heavy atom. The number of benzene rings is 2. The molecule has 1 aliphatic heterocycles. The molecule has 0 unspecified atom stereocenters. The standard InChI is InChI=1S/C17H12ClNO/c18-13-9-10-16-15(11-13)14(17(20)19-16)8-4-7-12-5-2-1-3-6-12/h1-11H,(H,19,20). The summed E-state index contributed by atoms with van der Waals surface area (Å²) in [4.78, 5) is 11.9. The molecular weight excluding hydrogens is 270 g/mol. The second-order valence-electron chi connectivity index (χ2n) is 4.49. The van der Waals surface area contributed by atoms with E-state index in [0.717, 1.165) is 16.8 Å². The van der Waals surface area contributed by atoms with E-state index in [-0.39, 0.29) is 5.91 Å². The zero-order valence-corrected chi connectivity index (χ0v) is 11.4. The first-order valence-corrected chi connectivity index (χ1v) is 6.66. The van der Waals surface area contributed by atoms with Gasteiger partial charge in [-0.15, -0.1) is 0 Å². The average Bonchev–Trinajstić information content (AvgIpc) is 2.76. The second kappa shape index (κ2) is 5.35. The molecule has 2 aromatic carbocycles. The van der Waals surface area contributed by atoms with Crippen molar-refractivity contribution in [2.75, 3.05) is 5.32 Å². The van der Waals surface area contributed by atoms with Gasteiger partial charge in [0.25, 0.3) is 5.91 Å². The molecule has 0 fully saturated rings. The number of carbonyl (C=O) groups is 1. The predicted molar refractivity (Wildman–Crippen MR) is 83.5 cm³/mol. The van der Waals surface area contributed by atoms with Gasteiger partial charge in [-0.05, 0) is 29.8 Å². The van der Waals surface area contributed by atoms with Gasteiger partial charge in [-0.3, -0.25) is 4.79 Å². The van der Waals surface area contributed by atoms with E-state index in [0.29, 0.717) is 10.6 Å². The summed E-state index contributed by atoms with van der Waals surface area (Å²) in [5, 5.41) is 3.45. The molecule has 1 N–H and O–H groups in total. The first kappa shape index (κ1) is 12.7. The van der Waals surface area contributed by atoms with E-state index in [4.69, 9.17) is 11.6 Å². The summed E-state index contributed by atoms with van der Waals surface area (Å²) < 4.78 is 0. The van der Waals surface area contributed by atoms with E-state index in [1.54, 1.807) is 12.1 Å². The molecule has 0 saturated carbocycles. The molecule has 1 amide bonds. The summed E-state index contributed by atoms with van der Waals surface area (Å²) in [6, 6.07) is 15.3. The molecule has 3 heteroatoms. The third-order valence-electron chi connectivity index (χ3n) is 3.12. The minimum Gasteiger partial charge on any atom is -0.321 e. The van der Waals surface area contributed by atoms with Crippen molar-refractivity contribution in [3.63, 3.8) is 0 Å². The fourth-order valence-corrected chi connectivity index (χ4v) is 2.32. The number of hydrogen-bond donors (Lipinski definition) is 1. The molecule has 98 valence electrons. The maximum Gasteiger partial charge on any atom is 0.256 e. The smallest absolute Gasteiger partial charge is 0.256 e. The van der Waals surface area contributed by atoms with E-state index in [2.05, 4.69) is 5.32 Å². The molecule has 0 spiro atoms. The summed E-state index contributed by atoms with van der Waals surface area (Å²) in [6.45, 7) is 0. The maximum atomic E-state index is 11.9. The van der Waals surface area contributed by atoms with Crippen molar-refractivity contribution in [1.82, 2.24) is 0 Å². The summed E-state index contributed by atoms with van der Waals surface area (Å²) in [7, 11) is 0. The Morgan fingerprint density at radius 2 is 1.85 bits per heavy atom. The van der Waals surface area contributed by atoms with Gasteiger partial charge in [0.05, 0.1) is 0 Å². The van der Waals surface area contributed by atoms with Gasteiger partial charge in [0.1, 0.15) is 0 Å². The van der Waals surface area contributed by atoms with Crippen molar-refractivity contribution in [3.05, 3.63) is 76.8 Å². The van der Waals surface area contributed by atoms with Gasteiger partial charge < -0.3 is 5.32 Å². The number of amides is 1. The lowest BCUT2D eigenvalue weighted by molar-refractivity contribution is -0.110. The molecule has 0 saturated heterocycles. The Labute approximate surface area is 122 Å². The van der Waals surface area contributed by atoms with E-state index < -0.39 is 0 Å². The van der Waals surface area contributed by atoms with Crippen LogP contribution >= 0.6 is 11.6 Å². The molecule has 0 aromatic heterocycles.